The number of benzene rings is 1. The van der Waals surface area contributed by atoms with Crippen LogP contribution in [-0.2, 0) is 26.3 Å². The zero-order valence-electron chi connectivity index (χ0n) is 15.1. The molecule has 1 aromatic carbocycles. The van der Waals surface area contributed by atoms with Crippen molar-refractivity contribution in [2.75, 3.05) is 31.6 Å². The Hall–Kier alpha value is -2.67. The highest BCUT2D eigenvalue weighted by Crippen LogP contribution is 2.24. The minimum Gasteiger partial charge on any atom is -0.378 e. The van der Waals surface area contributed by atoms with Crippen LogP contribution in [0.15, 0.2) is 42.7 Å². The summed E-state index contributed by atoms with van der Waals surface area (Å²) in [5.74, 6) is -0.123. The predicted octanol–water partition coefficient (Wildman–Crippen LogP) is 1.66. The molecule has 1 saturated heterocycles. The Balaban J connectivity index is 1.61. The number of carbonyl (C=O) groups excluding carboxylic acids is 2. The van der Waals surface area contributed by atoms with Crippen molar-refractivity contribution in [2.24, 2.45) is 0 Å². The van der Waals surface area contributed by atoms with E-state index in [9.17, 15) is 9.59 Å². The Morgan fingerprint density at radius 2 is 1.88 bits per heavy atom. The van der Waals surface area contributed by atoms with Gasteiger partial charge in [-0.25, -0.2) is 0 Å². The molecule has 0 unspecified atom stereocenters. The predicted molar refractivity (Wildman–Crippen MR) is 97.7 cm³/mol. The highest BCUT2D eigenvalue weighted by molar-refractivity contribution is 5.98. The van der Waals surface area contributed by atoms with E-state index in [0.717, 1.165) is 5.56 Å². The molecule has 0 atom stereocenters. The summed E-state index contributed by atoms with van der Waals surface area (Å²) in [4.78, 5) is 26.7. The quantitative estimate of drug-likeness (QED) is 0.884. The second-order valence-electron chi connectivity index (χ2n) is 6.86. The molecular weight excluding hydrogens is 332 g/mol. The van der Waals surface area contributed by atoms with Gasteiger partial charge in [0.25, 0.3) is 0 Å². The molecule has 138 valence electrons. The fourth-order valence-corrected chi connectivity index (χ4v) is 2.84. The number of morpholine rings is 1. The lowest BCUT2D eigenvalue weighted by Crippen LogP contribution is -2.42. The first-order chi connectivity index (χ1) is 12.5. The molecule has 7 nitrogen and oxygen atoms in total. The lowest BCUT2D eigenvalue weighted by molar-refractivity contribution is -0.136. The van der Waals surface area contributed by atoms with Crippen molar-refractivity contribution in [3.8, 4) is 0 Å². The van der Waals surface area contributed by atoms with Crippen LogP contribution in [0.3, 0.4) is 0 Å². The lowest BCUT2D eigenvalue weighted by Gasteiger charge is -2.26. The summed E-state index contributed by atoms with van der Waals surface area (Å²) in [5, 5.41) is 7.07. The van der Waals surface area contributed by atoms with Crippen LogP contribution in [0.2, 0.25) is 0 Å². The van der Waals surface area contributed by atoms with Gasteiger partial charge in [0.15, 0.2) is 0 Å². The van der Waals surface area contributed by atoms with Gasteiger partial charge in [0.2, 0.25) is 11.8 Å². The molecular formula is C19H24N4O3. The molecule has 3 rings (SSSR count). The van der Waals surface area contributed by atoms with E-state index in [0.29, 0.717) is 32.0 Å². The summed E-state index contributed by atoms with van der Waals surface area (Å²) >= 11 is 0. The molecule has 7 heteroatoms. The summed E-state index contributed by atoms with van der Waals surface area (Å²) in [6.45, 7) is 6.26. The number of hydrogen-bond donors (Lipinski definition) is 1. The number of ether oxygens (including phenoxy) is 1. The van der Waals surface area contributed by atoms with Crippen molar-refractivity contribution >= 4 is 17.5 Å². The van der Waals surface area contributed by atoms with Crippen LogP contribution in [0.5, 0.6) is 0 Å². The topological polar surface area (TPSA) is 76.5 Å². The molecule has 1 fully saturated rings. The van der Waals surface area contributed by atoms with Crippen LogP contribution in [0, 0.1) is 0 Å². The van der Waals surface area contributed by atoms with Gasteiger partial charge in [-0.05, 0) is 19.4 Å². The Labute approximate surface area is 152 Å². The van der Waals surface area contributed by atoms with Gasteiger partial charge in [0.05, 0.1) is 30.5 Å². The third-order valence-electron chi connectivity index (χ3n) is 4.62. The maximum Gasteiger partial charge on any atom is 0.244 e. The van der Waals surface area contributed by atoms with Gasteiger partial charge < -0.3 is 15.0 Å². The summed E-state index contributed by atoms with van der Waals surface area (Å²) in [6.07, 6.45) is 3.24. The van der Waals surface area contributed by atoms with Gasteiger partial charge in [0, 0.05) is 19.3 Å². The first-order valence-electron chi connectivity index (χ1n) is 8.72. The summed E-state index contributed by atoms with van der Waals surface area (Å²) in [5.41, 5.74) is 0.841. The highest BCUT2D eigenvalue weighted by atomic mass is 16.5. The van der Waals surface area contributed by atoms with Gasteiger partial charge in [-0.1, -0.05) is 30.3 Å². The molecule has 0 radical (unpaired) electrons. The first-order valence-corrected chi connectivity index (χ1v) is 8.72. The Morgan fingerprint density at radius 1 is 1.19 bits per heavy atom. The molecule has 1 aliphatic rings. The second-order valence-corrected chi connectivity index (χ2v) is 6.86. The Bertz CT molecular complexity index is 764. The molecule has 1 aliphatic heterocycles. The molecule has 0 saturated carbocycles. The molecule has 1 N–H and O–H groups in total. The minimum atomic E-state index is -0.674. The van der Waals surface area contributed by atoms with E-state index in [1.165, 1.54) is 0 Å². The molecule has 0 aliphatic carbocycles. The molecule has 1 aromatic heterocycles. The van der Waals surface area contributed by atoms with Crippen molar-refractivity contribution in [1.29, 1.82) is 0 Å². The van der Waals surface area contributed by atoms with Crippen molar-refractivity contribution in [3.63, 3.8) is 0 Å². The van der Waals surface area contributed by atoms with E-state index in [4.69, 9.17) is 4.74 Å². The third kappa shape index (κ3) is 4.11. The fourth-order valence-electron chi connectivity index (χ4n) is 2.84. The molecule has 26 heavy (non-hydrogen) atoms. The van der Waals surface area contributed by atoms with Crippen LogP contribution in [0.4, 0.5) is 5.69 Å². The number of nitrogens with zero attached hydrogens (tertiary/aromatic N) is 3. The zero-order valence-corrected chi connectivity index (χ0v) is 15.1. The van der Waals surface area contributed by atoms with E-state index in [1.54, 1.807) is 22.0 Å². The second kappa shape index (κ2) is 7.70. The third-order valence-corrected chi connectivity index (χ3v) is 4.62. The van der Waals surface area contributed by atoms with Gasteiger partial charge in [-0.3, -0.25) is 14.3 Å². The average molecular weight is 356 g/mol. The number of nitrogens with one attached hydrogen (secondary N) is 1. The molecule has 0 spiro atoms. The first kappa shape index (κ1) is 18.1. The van der Waals surface area contributed by atoms with Gasteiger partial charge in [-0.15, -0.1) is 0 Å². The van der Waals surface area contributed by atoms with Gasteiger partial charge in [0.1, 0.15) is 6.54 Å². The summed E-state index contributed by atoms with van der Waals surface area (Å²) in [6, 6.07) is 9.63. The van der Waals surface area contributed by atoms with Crippen LogP contribution in [0.1, 0.15) is 19.4 Å². The Morgan fingerprint density at radius 3 is 2.58 bits per heavy atom. The van der Waals surface area contributed by atoms with E-state index in [-0.39, 0.29) is 18.4 Å². The molecule has 2 aromatic rings. The lowest BCUT2D eigenvalue weighted by atomic mass is 9.84. The number of hydrogen-bond acceptors (Lipinski definition) is 4. The Kier molecular flexibility index (Phi) is 5.37. The number of anilines is 1. The van der Waals surface area contributed by atoms with E-state index < -0.39 is 5.41 Å². The summed E-state index contributed by atoms with van der Waals surface area (Å²) in [7, 11) is 0. The van der Waals surface area contributed by atoms with E-state index in [2.05, 4.69) is 10.4 Å². The zero-order chi connectivity index (χ0) is 18.6. The van der Waals surface area contributed by atoms with Crippen LogP contribution in [0.25, 0.3) is 0 Å². The van der Waals surface area contributed by atoms with Crippen molar-refractivity contribution in [2.45, 2.75) is 25.8 Å². The number of amides is 2. The molecule has 2 heterocycles. The maximum absolute atomic E-state index is 12.7. The van der Waals surface area contributed by atoms with Crippen LogP contribution >= 0.6 is 0 Å². The number of rotatable bonds is 5. The van der Waals surface area contributed by atoms with Gasteiger partial charge in [-0.2, -0.15) is 5.10 Å². The maximum atomic E-state index is 12.7. The van der Waals surface area contributed by atoms with Gasteiger partial charge >= 0.3 is 0 Å². The summed E-state index contributed by atoms with van der Waals surface area (Å²) < 4.78 is 6.80. The normalized spacial score (nSPS) is 14.9. The van der Waals surface area contributed by atoms with E-state index in [1.807, 2.05) is 44.2 Å². The highest BCUT2D eigenvalue weighted by Gasteiger charge is 2.30. The van der Waals surface area contributed by atoms with Crippen molar-refractivity contribution < 1.29 is 14.3 Å². The van der Waals surface area contributed by atoms with Crippen molar-refractivity contribution in [1.82, 2.24) is 14.7 Å². The number of aromatic nitrogens is 2. The fraction of sp³-hybridized carbons (Fsp3) is 0.421. The standard InChI is InChI=1S/C19H24N4O3/c1-19(2,15-6-4-3-5-7-15)18(25)21-16-12-20-23(13-16)14-17(24)22-8-10-26-11-9-22/h3-7,12-13H,8-11,14H2,1-2H3,(H,21,25). The molecule has 2 amide bonds. The van der Waals surface area contributed by atoms with Crippen molar-refractivity contribution in [3.05, 3.63) is 48.3 Å². The SMILES string of the molecule is CC(C)(C(=O)Nc1cnn(CC(=O)N2CCOCC2)c1)c1ccccc1. The molecule has 0 bridgehead atoms. The monoisotopic (exact) mass is 356 g/mol. The smallest absolute Gasteiger partial charge is 0.244 e. The van der Waals surface area contributed by atoms with E-state index >= 15 is 0 Å². The minimum absolute atomic E-state index is 0.00103. The van der Waals surface area contributed by atoms with Crippen LogP contribution < -0.4 is 5.32 Å². The largest absolute Gasteiger partial charge is 0.378 e. The van der Waals surface area contributed by atoms with Crippen LogP contribution in [-0.4, -0.2) is 52.8 Å². The number of carbonyl (C=O) groups is 2. The average Bonchev–Trinajstić information content (AvgIpc) is 3.10.